The zero-order valence-corrected chi connectivity index (χ0v) is 11.7. The lowest BCUT2D eigenvalue weighted by Crippen LogP contribution is -2.37. The second-order valence-electron chi connectivity index (χ2n) is 4.11. The Morgan fingerprint density at radius 2 is 2.20 bits per heavy atom. The molecule has 6 heteroatoms. The number of terminal acetylenes is 1. The molecule has 0 aliphatic heterocycles. The summed E-state index contributed by atoms with van der Waals surface area (Å²) >= 11 is 5.81. The summed E-state index contributed by atoms with van der Waals surface area (Å²) in [5, 5.41) is 14.2. The summed E-state index contributed by atoms with van der Waals surface area (Å²) in [6.45, 7) is 1.92. The fourth-order valence-electron chi connectivity index (χ4n) is 1.56. The van der Waals surface area contributed by atoms with Gasteiger partial charge in [0, 0.05) is 18.2 Å². The lowest BCUT2D eigenvalue weighted by Gasteiger charge is -2.15. The highest BCUT2D eigenvalue weighted by Gasteiger charge is 2.12. The van der Waals surface area contributed by atoms with E-state index in [-0.39, 0.29) is 16.6 Å². The van der Waals surface area contributed by atoms with Crippen LogP contribution in [0, 0.1) is 12.3 Å². The summed E-state index contributed by atoms with van der Waals surface area (Å²) in [7, 11) is 0. The van der Waals surface area contributed by atoms with Crippen molar-refractivity contribution in [3.05, 3.63) is 28.8 Å². The van der Waals surface area contributed by atoms with Crippen LogP contribution < -0.4 is 10.6 Å². The van der Waals surface area contributed by atoms with Crippen molar-refractivity contribution < 1.29 is 14.7 Å². The molecular weight excluding hydrogens is 280 g/mol. The Bertz CT molecular complexity index is 552. The average molecular weight is 295 g/mol. The molecule has 0 heterocycles. The second-order valence-corrected chi connectivity index (χ2v) is 4.52. The Kier molecular flexibility index (Phi) is 5.88. The molecule has 1 aromatic rings. The lowest BCUT2D eigenvalue weighted by atomic mass is 10.1. The number of aromatic carboxylic acids is 1. The normalized spacial score (nSPS) is 11.2. The predicted molar refractivity (Wildman–Crippen MR) is 78.1 cm³/mol. The Hall–Kier alpha value is -2.19. The van der Waals surface area contributed by atoms with E-state index in [0.717, 1.165) is 6.42 Å². The molecule has 0 bridgehead atoms. The summed E-state index contributed by atoms with van der Waals surface area (Å²) in [5.41, 5.74) is 0.393. The molecule has 1 aromatic carbocycles. The van der Waals surface area contributed by atoms with Gasteiger partial charge in [-0.1, -0.05) is 18.5 Å². The Labute approximate surface area is 122 Å². The van der Waals surface area contributed by atoms with Gasteiger partial charge in [0.25, 0.3) is 0 Å². The molecule has 106 valence electrons. The summed E-state index contributed by atoms with van der Waals surface area (Å²) in [6.07, 6.45) is 6.37. The Morgan fingerprint density at radius 3 is 2.70 bits per heavy atom. The number of benzene rings is 1. The molecule has 1 atom stereocenters. The number of carbonyl (C=O) groups is 2. The van der Waals surface area contributed by atoms with Crippen molar-refractivity contribution in [2.45, 2.75) is 25.8 Å². The van der Waals surface area contributed by atoms with Crippen LogP contribution in [0.2, 0.25) is 5.02 Å². The maximum Gasteiger partial charge on any atom is 0.337 e. The van der Waals surface area contributed by atoms with Crippen LogP contribution in [0.4, 0.5) is 10.5 Å². The minimum Gasteiger partial charge on any atom is -0.478 e. The molecule has 0 radical (unpaired) electrons. The third-order valence-electron chi connectivity index (χ3n) is 2.65. The topological polar surface area (TPSA) is 78.4 Å². The van der Waals surface area contributed by atoms with Gasteiger partial charge < -0.3 is 15.7 Å². The van der Waals surface area contributed by atoms with Gasteiger partial charge in [0.15, 0.2) is 0 Å². The summed E-state index contributed by atoms with van der Waals surface area (Å²) in [4.78, 5) is 22.5. The van der Waals surface area contributed by atoms with Gasteiger partial charge in [0.1, 0.15) is 0 Å². The van der Waals surface area contributed by atoms with Crippen LogP contribution in [0.5, 0.6) is 0 Å². The van der Waals surface area contributed by atoms with E-state index in [1.54, 1.807) is 0 Å². The highest BCUT2D eigenvalue weighted by atomic mass is 35.5. The number of anilines is 1. The Morgan fingerprint density at radius 1 is 1.50 bits per heavy atom. The maximum absolute atomic E-state index is 11.7. The number of hydrogen-bond acceptors (Lipinski definition) is 2. The van der Waals surface area contributed by atoms with E-state index in [9.17, 15) is 9.59 Å². The van der Waals surface area contributed by atoms with Crippen molar-refractivity contribution in [3.8, 4) is 12.3 Å². The fourth-order valence-corrected chi connectivity index (χ4v) is 1.82. The molecule has 0 saturated heterocycles. The first-order valence-electron chi connectivity index (χ1n) is 6.01. The van der Waals surface area contributed by atoms with Crippen molar-refractivity contribution in [1.82, 2.24) is 5.32 Å². The van der Waals surface area contributed by atoms with Crippen molar-refractivity contribution in [1.29, 1.82) is 0 Å². The first-order chi connectivity index (χ1) is 9.47. The molecule has 0 aromatic heterocycles. The molecular formula is C14H15ClN2O3. The number of carboxylic acids is 1. The first-order valence-corrected chi connectivity index (χ1v) is 6.39. The fraction of sp³-hybridized carbons (Fsp3) is 0.286. The van der Waals surface area contributed by atoms with Gasteiger partial charge in [-0.25, -0.2) is 9.59 Å². The lowest BCUT2D eigenvalue weighted by molar-refractivity contribution is 0.0697. The van der Waals surface area contributed by atoms with Crippen LogP contribution >= 0.6 is 11.6 Å². The van der Waals surface area contributed by atoms with E-state index in [4.69, 9.17) is 23.1 Å². The number of hydrogen-bond donors (Lipinski definition) is 3. The standard InChI is InChI=1S/C14H15ClN2O3/c1-3-5-9(4-2)16-14(20)17-10-6-7-11(13(18)19)12(15)8-10/h1,6-9H,4-5H2,2H3,(H,18,19)(H2,16,17,20). The van der Waals surface area contributed by atoms with Gasteiger partial charge in [0.2, 0.25) is 0 Å². The number of halogens is 1. The number of carboxylic acid groups (broad SMARTS) is 1. The van der Waals surface area contributed by atoms with Crippen LogP contribution in [-0.4, -0.2) is 23.1 Å². The molecule has 2 amide bonds. The quantitative estimate of drug-likeness (QED) is 0.731. The minimum atomic E-state index is -1.12. The van der Waals surface area contributed by atoms with Gasteiger partial charge in [0.05, 0.1) is 10.6 Å². The molecule has 1 unspecified atom stereocenters. The SMILES string of the molecule is C#CCC(CC)NC(=O)Nc1ccc(C(=O)O)c(Cl)c1. The van der Waals surface area contributed by atoms with Gasteiger partial charge in [-0.3, -0.25) is 0 Å². The van der Waals surface area contributed by atoms with E-state index < -0.39 is 12.0 Å². The minimum absolute atomic E-state index is 0.0172. The summed E-state index contributed by atoms with van der Waals surface area (Å²) < 4.78 is 0. The third-order valence-corrected chi connectivity index (χ3v) is 2.96. The van der Waals surface area contributed by atoms with Crippen LogP contribution in [0.25, 0.3) is 0 Å². The molecule has 0 fully saturated rings. The largest absolute Gasteiger partial charge is 0.478 e. The van der Waals surface area contributed by atoms with Crippen molar-refractivity contribution >= 4 is 29.3 Å². The van der Waals surface area contributed by atoms with E-state index in [1.165, 1.54) is 18.2 Å². The van der Waals surface area contributed by atoms with Crippen molar-refractivity contribution in [2.75, 3.05) is 5.32 Å². The number of carbonyl (C=O) groups excluding carboxylic acids is 1. The predicted octanol–water partition coefficient (Wildman–Crippen LogP) is 2.96. The number of amides is 2. The summed E-state index contributed by atoms with van der Waals surface area (Å²) in [6, 6.07) is 3.67. The smallest absolute Gasteiger partial charge is 0.337 e. The van der Waals surface area contributed by atoms with Gasteiger partial charge in [-0.05, 0) is 24.6 Å². The molecule has 20 heavy (non-hydrogen) atoms. The number of nitrogens with one attached hydrogen (secondary N) is 2. The van der Waals surface area contributed by atoms with Gasteiger partial charge in [-0.2, -0.15) is 0 Å². The average Bonchev–Trinajstić information content (AvgIpc) is 2.37. The second kappa shape index (κ2) is 7.41. The molecule has 0 saturated carbocycles. The number of urea groups is 1. The zero-order chi connectivity index (χ0) is 15.1. The van der Waals surface area contributed by atoms with Crippen LogP contribution in [0.3, 0.4) is 0 Å². The van der Waals surface area contributed by atoms with Crippen LogP contribution in [-0.2, 0) is 0 Å². The van der Waals surface area contributed by atoms with Gasteiger partial charge >= 0.3 is 12.0 Å². The first kappa shape index (κ1) is 15.9. The van der Waals surface area contributed by atoms with Crippen LogP contribution in [0.1, 0.15) is 30.1 Å². The van der Waals surface area contributed by atoms with Crippen molar-refractivity contribution in [3.63, 3.8) is 0 Å². The zero-order valence-electron chi connectivity index (χ0n) is 10.9. The third kappa shape index (κ3) is 4.48. The highest BCUT2D eigenvalue weighted by Crippen LogP contribution is 2.20. The van der Waals surface area contributed by atoms with Crippen LogP contribution in [0.15, 0.2) is 18.2 Å². The van der Waals surface area contributed by atoms with Gasteiger partial charge in [-0.15, -0.1) is 12.3 Å². The molecule has 1 rings (SSSR count). The highest BCUT2D eigenvalue weighted by molar-refractivity contribution is 6.33. The van der Waals surface area contributed by atoms with E-state index >= 15 is 0 Å². The molecule has 0 aliphatic rings. The molecule has 0 spiro atoms. The summed E-state index contributed by atoms with van der Waals surface area (Å²) in [5.74, 6) is 1.37. The molecule has 5 nitrogen and oxygen atoms in total. The number of rotatable bonds is 5. The van der Waals surface area contributed by atoms with Crippen molar-refractivity contribution in [2.24, 2.45) is 0 Å². The molecule has 0 aliphatic carbocycles. The molecule has 3 N–H and O–H groups in total. The van der Waals surface area contributed by atoms with E-state index in [2.05, 4.69) is 16.6 Å². The maximum atomic E-state index is 11.7. The van der Waals surface area contributed by atoms with E-state index in [1.807, 2.05) is 6.92 Å². The monoisotopic (exact) mass is 294 g/mol. The Balaban J connectivity index is 2.69. The van der Waals surface area contributed by atoms with E-state index in [0.29, 0.717) is 12.1 Å².